The average Bonchev–Trinajstić information content (AvgIpc) is 2.21. The monoisotopic (exact) mass is 214 g/mol. The summed E-state index contributed by atoms with van der Waals surface area (Å²) in [7, 11) is 0. The zero-order valence-electron chi connectivity index (χ0n) is 11.2. The highest BCUT2D eigenvalue weighted by Gasteiger charge is 2.23. The van der Waals surface area contributed by atoms with Crippen LogP contribution in [0.15, 0.2) is 0 Å². The molecule has 15 heavy (non-hydrogen) atoms. The van der Waals surface area contributed by atoms with Gasteiger partial charge in [-0.1, -0.05) is 59.3 Å². The Morgan fingerprint density at radius 2 is 1.67 bits per heavy atom. The minimum atomic E-state index is -0.426. The lowest BCUT2D eigenvalue weighted by Crippen LogP contribution is -2.27. The molecular weight excluding hydrogens is 184 g/mol. The predicted octanol–water partition coefficient (Wildman–Crippen LogP) is 4.53. The van der Waals surface area contributed by atoms with Crippen LogP contribution in [0.5, 0.6) is 0 Å². The maximum atomic E-state index is 10.2. The molecule has 1 nitrogen and oxygen atoms in total. The third-order valence-corrected chi connectivity index (χ3v) is 3.34. The highest BCUT2D eigenvalue weighted by atomic mass is 16.3. The van der Waals surface area contributed by atoms with Crippen LogP contribution < -0.4 is 0 Å². The Kier molecular flexibility index (Phi) is 8.13. The normalized spacial score (nSPS) is 17.4. The molecule has 0 aliphatic carbocycles. The summed E-state index contributed by atoms with van der Waals surface area (Å²) in [5.41, 5.74) is -0.426. The first kappa shape index (κ1) is 15.0. The minimum absolute atomic E-state index is 0.426. The van der Waals surface area contributed by atoms with E-state index in [0.717, 1.165) is 25.2 Å². The lowest BCUT2D eigenvalue weighted by atomic mass is 9.84. The molecule has 0 radical (unpaired) electrons. The van der Waals surface area contributed by atoms with Crippen LogP contribution in [-0.2, 0) is 0 Å². The molecule has 2 unspecified atom stereocenters. The highest BCUT2D eigenvalue weighted by Crippen LogP contribution is 2.27. The number of hydrogen-bond acceptors (Lipinski definition) is 1. The van der Waals surface area contributed by atoms with Gasteiger partial charge in [-0.05, 0) is 25.7 Å². The van der Waals surface area contributed by atoms with Crippen LogP contribution in [0.2, 0.25) is 0 Å². The molecule has 0 saturated carbocycles. The molecule has 0 aliphatic heterocycles. The van der Waals surface area contributed by atoms with E-state index in [1.165, 1.54) is 32.1 Å². The minimum Gasteiger partial charge on any atom is -0.390 e. The van der Waals surface area contributed by atoms with E-state index in [1.807, 2.05) is 6.92 Å². The van der Waals surface area contributed by atoms with Crippen LogP contribution in [-0.4, -0.2) is 10.7 Å². The molecule has 0 aromatic rings. The van der Waals surface area contributed by atoms with Crippen molar-refractivity contribution in [1.29, 1.82) is 0 Å². The second-order valence-electron chi connectivity index (χ2n) is 5.22. The Bertz CT molecular complexity index is 140. The van der Waals surface area contributed by atoms with Crippen molar-refractivity contribution in [3.63, 3.8) is 0 Å². The predicted molar refractivity (Wildman–Crippen MR) is 68.1 cm³/mol. The smallest absolute Gasteiger partial charge is 0.0622 e. The Morgan fingerprint density at radius 3 is 2.13 bits per heavy atom. The van der Waals surface area contributed by atoms with Crippen molar-refractivity contribution in [3.8, 4) is 0 Å². The molecule has 0 heterocycles. The van der Waals surface area contributed by atoms with E-state index in [-0.39, 0.29) is 0 Å². The van der Waals surface area contributed by atoms with Gasteiger partial charge in [0.2, 0.25) is 0 Å². The molecule has 1 heteroatoms. The maximum Gasteiger partial charge on any atom is 0.0622 e. The van der Waals surface area contributed by atoms with Crippen LogP contribution in [0.1, 0.15) is 79.1 Å². The van der Waals surface area contributed by atoms with Crippen LogP contribution in [0.25, 0.3) is 0 Å². The van der Waals surface area contributed by atoms with Gasteiger partial charge in [-0.25, -0.2) is 0 Å². The van der Waals surface area contributed by atoms with Crippen molar-refractivity contribution in [2.75, 3.05) is 0 Å². The van der Waals surface area contributed by atoms with Crippen molar-refractivity contribution in [1.82, 2.24) is 0 Å². The van der Waals surface area contributed by atoms with E-state index in [4.69, 9.17) is 0 Å². The summed E-state index contributed by atoms with van der Waals surface area (Å²) in [5.74, 6) is 0.719. The third kappa shape index (κ3) is 7.84. The van der Waals surface area contributed by atoms with Gasteiger partial charge in [0, 0.05) is 0 Å². The van der Waals surface area contributed by atoms with E-state index in [1.54, 1.807) is 0 Å². The largest absolute Gasteiger partial charge is 0.390 e. The van der Waals surface area contributed by atoms with Crippen molar-refractivity contribution in [3.05, 3.63) is 0 Å². The molecule has 0 fully saturated rings. The summed E-state index contributed by atoms with van der Waals surface area (Å²) in [5, 5.41) is 10.2. The number of hydrogen-bond donors (Lipinski definition) is 1. The fourth-order valence-electron chi connectivity index (χ4n) is 2.22. The Labute approximate surface area is 96.3 Å². The Morgan fingerprint density at radius 1 is 1.07 bits per heavy atom. The lowest BCUT2D eigenvalue weighted by molar-refractivity contribution is 0.0211. The van der Waals surface area contributed by atoms with E-state index >= 15 is 0 Å². The summed E-state index contributed by atoms with van der Waals surface area (Å²) < 4.78 is 0. The summed E-state index contributed by atoms with van der Waals surface area (Å²) in [6.45, 7) is 8.68. The quantitative estimate of drug-likeness (QED) is 0.597. The maximum absolute atomic E-state index is 10.2. The van der Waals surface area contributed by atoms with Gasteiger partial charge in [-0.2, -0.15) is 0 Å². The number of unbranched alkanes of at least 4 members (excludes halogenated alkanes) is 2. The van der Waals surface area contributed by atoms with Crippen LogP contribution in [0, 0.1) is 5.92 Å². The molecule has 0 aliphatic rings. The number of rotatable bonds is 9. The van der Waals surface area contributed by atoms with E-state index < -0.39 is 5.60 Å². The SMILES string of the molecule is CCCCC(CC)CC(C)(O)CCCC. The lowest BCUT2D eigenvalue weighted by Gasteiger charge is -2.28. The van der Waals surface area contributed by atoms with Crippen molar-refractivity contribution >= 4 is 0 Å². The van der Waals surface area contributed by atoms with Crippen molar-refractivity contribution in [2.45, 2.75) is 84.7 Å². The first-order chi connectivity index (χ1) is 7.05. The second kappa shape index (κ2) is 8.15. The van der Waals surface area contributed by atoms with E-state index in [9.17, 15) is 5.11 Å². The molecule has 1 N–H and O–H groups in total. The first-order valence-corrected chi connectivity index (χ1v) is 6.78. The fraction of sp³-hybridized carbons (Fsp3) is 1.00. The molecule has 0 rings (SSSR count). The topological polar surface area (TPSA) is 20.2 Å². The van der Waals surface area contributed by atoms with Gasteiger partial charge in [0.1, 0.15) is 0 Å². The summed E-state index contributed by atoms with van der Waals surface area (Å²) in [6, 6.07) is 0. The molecule has 0 saturated heterocycles. The van der Waals surface area contributed by atoms with Crippen LogP contribution in [0.3, 0.4) is 0 Å². The van der Waals surface area contributed by atoms with Crippen molar-refractivity contribution < 1.29 is 5.11 Å². The Hall–Kier alpha value is -0.0400. The zero-order chi connectivity index (χ0) is 11.7. The molecule has 0 aromatic heterocycles. The summed E-state index contributed by atoms with van der Waals surface area (Å²) in [6.07, 6.45) is 9.36. The Balaban J connectivity index is 3.90. The first-order valence-electron chi connectivity index (χ1n) is 6.78. The highest BCUT2D eigenvalue weighted by molar-refractivity contribution is 4.76. The molecule has 2 atom stereocenters. The average molecular weight is 214 g/mol. The molecular formula is C14H30O. The van der Waals surface area contributed by atoms with Gasteiger partial charge in [0.25, 0.3) is 0 Å². The molecule has 92 valence electrons. The zero-order valence-corrected chi connectivity index (χ0v) is 11.2. The van der Waals surface area contributed by atoms with Gasteiger partial charge in [-0.15, -0.1) is 0 Å². The third-order valence-electron chi connectivity index (χ3n) is 3.34. The van der Waals surface area contributed by atoms with Crippen molar-refractivity contribution in [2.24, 2.45) is 5.92 Å². The van der Waals surface area contributed by atoms with Crippen LogP contribution >= 0.6 is 0 Å². The van der Waals surface area contributed by atoms with Gasteiger partial charge in [-0.3, -0.25) is 0 Å². The fourth-order valence-corrected chi connectivity index (χ4v) is 2.22. The molecule has 0 aromatic carbocycles. The number of aliphatic hydroxyl groups is 1. The second-order valence-corrected chi connectivity index (χ2v) is 5.22. The van der Waals surface area contributed by atoms with Crippen LogP contribution in [0.4, 0.5) is 0 Å². The van der Waals surface area contributed by atoms with Gasteiger partial charge in [0.15, 0.2) is 0 Å². The van der Waals surface area contributed by atoms with E-state index in [2.05, 4.69) is 20.8 Å². The summed E-state index contributed by atoms with van der Waals surface area (Å²) in [4.78, 5) is 0. The van der Waals surface area contributed by atoms with E-state index in [0.29, 0.717) is 0 Å². The standard InChI is InChI=1S/C14H30O/c1-5-8-10-13(7-3)12-14(4,15)11-9-6-2/h13,15H,5-12H2,1-4H3. The molecule has 0 spiro atoms. The molecule has 0 bridgehead atoms. The summed E-state index contributed by atoms with van der Waals surface area (Å²) >= 11 is 0. The molecule has 0 amide bonds. The van der Waals surface area contributed by atoms with Gasteiger partial charge in [0.05, 0.1) is 5.60 Å². The van der Waals surface area contributed by atoms with Gasteiger partial charge >= 0.3 is 0 Å². The van der Waals surface area contributed by atoms with Gasteiger partial charge < -0.3 is 5.11 Å².